The van der Waals surface area contributed by atoms with Gasteiger partial charge in [-0.3, -0.25) is 0 Å². The van der Waals surface area contributed by atoms with Crippen LogP contribution >= 0.6 is 11.6 Å². The van der Waals surface area contributed by atoms with E-state index in [0.29, 0.717) is 28.6 Å². The summed E-state index contributed by atoms with van der Waals surface area (Å²) in [6.45, 7) is 5.29. The Morgan fingerprint density at radius 1 is 1.15 bits per heavy atom. The quantitative estimate of drug-likeness (QED) is 0.568. The van der Waals surface area contributed by atoms with Crippen LogP contribution in [0, 0.1) is 0 Å². The average molecular weight is 473 g/mol. The number of hydrogen-bond donors (Lipinski definition) is 2. The van der Waals surface area contributed by atoms with Crippen molar-refractivity contribution in [2.45, 2.75) is 63.7 Å². The monoisotopic (exact) mass is 472 g/mol. The van der Waals surface area contributed by atoms with Crippen molar-refractivity contribution >= 4 is 29.3 Å². The Hall–Kier alpha value is -2.93. The first-order valence-corrected chi connectivity index (χ1v) is 11.5. The molecular weight excluding hydrogens is 444 g/mol. The second-order valence-corrected chi connectivity index (χ2v) is 9.91. The Balaban J connectivity index is 1.40. The molecule has 2 aromatic carbocycles. The van der Waals surface area contributed by atoms with Crippen molar-refractivity contribution in [3.8, 4) is 11.5 Å². The molecule has 2 amide bonds. The number of esters is 1. The molecule has 4 rings (SSSR count). The first-order chi connectivity index (χ1) is 15.6. The van der Waals surface area contributed by atoms with Crippen molar-refractivity contribution in [1.29, 1.82) is 0 Å². The lowest BCUT2D eigenvalue weighted by molar-refractivity contribution is -0.157. The van der Waals surface area contributed by atoms with Crippen LogP contribution in [0.2, 0.25) is 5.02 Å². The van der Waals surface area contributed by atoms with E-state index in [0.717, 1.165) is 24.8 Å². The van der Waals surface area contributed by atoms with Gasteiger partial charge in [-0.2, -0.15) is 0 Å². The van der Waals surface area contributed by atoms with E-state index in [1.165, 1.54) is 0 Å². The average Bonchev–Trinajstić information content (AvgIpc) is 2.73. The fraction of sp³-hybridized carbons (Fsp3) is 0.440. The van der Waals surface area contributed by atoms with Crippen LogP contribution in [-0.4, -0.2) is 30.3 Å². The predicted octanol–water partition coefficient (Wildman–Crippen LogP) is 5.41. The van der Waals surface area contributed by atoms with Crippen LogP contribution < -0.4 is 20.1 Å². The highest BCUT2D eigenvalue weighted by molar-refractivity contribution is 6.34. The smallest absolute Gasteiger partial charge is 0.344 e. The van der Waals surface area contributed by atoms with Gasteiger partial charge in [0.15, 0.2) is 6.61 Å². The molecule has 0 aromatic heterocycles. The third-order valence-electron chi connectivity index (χ3n) is 5.73. The molecule has 1 saturated carbocycles. The number of fused-ring (bicyclic) bond motifs is 2. The van der Waals surface area contributed by atoms with Gasteiger partial charge in [0.2, 0.25) is 0 Å². The SMILES string of the molecule is CC(C)(C)OC(=O)COc1ccc(OC2CCCC3(C2)NC(=O)Nc2c(Cl)cccc23)cc1. The van der Waals surface area contributed by atoms with Crippen molar-refractivity contribution < 1.29 is 23.8 Å². The zero-order valence-electron chi connectivity index (χ0n) is 19.1. The molecule has 1 aliphatic carbocycles. The summed E-state index contributed by atoms with van der Waals surface area (Å²) in [5.74, 6) is 0.843. The lowest BCUT2D eigenvalue weighted by atomic mass is 9.74. The Bertz CT molecular complexity index is 1030. The number of nitrogens with one attached hydrogen (secondary N) is 2. The van der Waals surface area contributed by atoms with Crippen LogP contribution in [0.5, 0.6) is 11.5 Å². The number of hydrogen-bond acceptors (Lipinski definition) is 5. The molecule has 8 heteroatoms. The standard InChI is InChI=1S/C25H29ClN2O5/c1-24(2,3)33-21(29)15-31-16-9-11-17(12-10-16)32-18-6-5-13-25(14-18)19-7-4-8-20(26)22(19)27-23(30)28-25/h4,7-12,18H,5-6,13-15H2,1-3H3,(H2,27,28,30). The van der Waals surface area contributed by atoms with Gasteiger partial charge in [-0.05, 0) is 70.4 Å². The summed E-state index contributed by atoms with van der Waals surface area (Å²) in [4.78, 5) is 24.2. The van der Waals surface area contributed by atoms with Gasteiger partial charge in [0.25, 0.3) is 0 Å². The van der Waals surface area contributed by atoms with E-state index in [9.17, 15) is 9.59 Å². The molecule has 0 bridgehead atoms. The Kier molecular flexibility index (Phi) is 6.43. The molecule has 1 fully saturated rings. The minimum atomic E-state index is -0.546. The summed E-state index contributed by atoms with van der Waals surface area (Å²) in [7, 11) is 0. The van der Waals surface area contributed by atoms with Crippen LogP contribution in [0.25, 0.3) is 0 Å². The number of amides is 2. The van der Waals surface area contributed by atoms with E-state index in [2.05, 4.69) is 10.6 Å². The number of para-hydroxylation sites is 1. The summed E-state index contributed by atoms with van der Waals surface area (Å²) in [5.41, 5.74) is 0.612. The van der Waals surface area contributed by atoms with Gasteiger partial charge in [-0.1, -0.05) is 23.7 Å². The van der Waals surface area contributed by atoms with Gasteiger partial charge in [0.1, 0.15) is 23.2 Å². The highest BCUT2D eigenvalue weighted by Crippen LogP contribution is 2.45. The topological polar surface area (TPSA) is 85.9 Å². The summed E-state index contributed by atoms with van der Waals surface area (Å²) < 4.78 is 17.0. The summed E-state index contributed by atoms with van der Waals surface area (Å²) in [5, 5.41) is 6.50. The zero-order chi connectivity index (χ0) is 23.6. The predicted molar refractivity (Wildman–Crippen MR) is 126 cm³/mol. The maximum Gasteiger partial charge on any atom is 0.344 e. The molecule has 1 heterocycles. The summed E-state index contributed by atoms with van der Waals surface area (Å²) in [6, 6.07) is 12.6. The zero-order valence-corrected chi connectivity index (χ0v) is 19.8. The van der Waals surface area contributed by atoms with Crippen LogP contribution in [0.3, 0.4) is 0 Å². The maximum atomic E-state index is 12.4. The number of carbonyl (C=O) groups excluding carboxylic acids is 2. The fourth-order valence-electron chi connectivity index (χ4n) is 4.48. The molecule has 2 N–H and O–H groups in total. The molecule has 0 radical (unpaired) electrons. The lowest BCUT2D eigenvalue weighted by Gasteiger charge is -2.45. The first kappa shape index (κ1) is 23.2. The number of carbonyl (C=O) groups is 2. The van der Waals surface area contributed by atoms with E-state index in [4.69, 9.17) is 25.8 Å². The molecule has 33 heavy (non-hydrogen) atoms. The first-order valence-electron chi connectivity index (χ1n) is 11.1. The second-order valence-electron chi connectivity index (χ2n) is 9.51. The highest BCUT2D eigenvalue weighted by atomic mass is 35.5. The minimum absolute atomic E-state index is 0.0717. The molecule has 2 aromatic rings. The van der Waals surface area contributed by atoms with E-state index < -0.39 is 17.1 Å². The van der Waals surface area contributed by atoms with Crippen LogP contribution in [0.15, 0.2) is 42.5 Å². The van der Waals surface area contributed by atoms with Crippen molar-refractivity contribution in [1.82, 2.24) is 5.32 Å². The number of benzene rings is 2. The minimum Gasteiger partial charge on any atom is -0.490 e. The van der Waals surface area contributed by atoms with Gasteiger partial charge >= 0.3 is 12.0 Å². The number of halogens is 1. The molecule has 0 saturated heterocycles. The number of urea groups is 1. The maximum absolute atomic E-state index is 12.4. The molecule has 2 atom stereocenters. The Morgan fingerprint density at radius 2 is 1.88 bits per heavy atom. The summed E-state index contributed by atoms with van der Waals surface area (Å²) in [6.07, 6.45) is 3.19. The molecule has 1 spiro atoms. The van der Waals surface area contributed by atoms with Crippen molar-refractivity contribution in [2.75, 3.05) is 11.9 Å². The van der Waals surface area contributed by atoms with E-state index >= 15 is 0 Å². The Labute approximate surface area is 198 Å². The molecule has 7 nitrogen and oxygen atoms in total. The van der Waals surface area contributed by atoms with Crippen molar-refractivity contribution in [3.05, 3.63) is 53.1 Å². The largest absolute Gasteiger partial charge is 0.490 e. The molecule has 2 unspecified atom stereocenters. The molecule has 2 aliphatic rings. The van der Waals surface area contributed by atoms with Gasteiger partial charge in [-0.25, -0.2) is 9.59 Å². The second kappa shape index (κ2) is 9.14. The van der Waals surface area contributed by atoms with Gasteiger partial charge in [-0.15, -0.1) is 0 Å². The molecule has 1 aliphatic heterocycles. The van der Waals surface area contributed by atoms with E-state index in [-0.39, 0.29) is 18.7 Å². The highest BCUT2D eigenvalue weighted by Gasteiger charge is 2.44. The summed E-state index contributed by atoms with van der Waals surface area (Å²) >= 11 is 6.35. The molecular formula is C25H29ClN2O5. The number of rotatable bonds is 5. The van der Waals surface area contributed by atoms with Gasteiger partial charge < -0.3 is 24.8 Å². The fourth-order valence-corrected chi connectivity index (χ4v) is 4.70. The van der Waals surface area contributed by atoms with Gasteiger partial charge in [0, 0.05) is 12.0 Å². The van der Waals surface area contributed by atoms with Crippen molar-refractivity contribution in [3.63, 3.8) is 0 Å². The Morgan fingerprint density at radius 3 is 2.61 bits per heavy atom. The van der Waals surface area contributed by atoms with Gasteiger partial charge in [0.05, 0.1) is 16.2 Å². The van der Waals surface area contributed by atoms with E-state index in [1.54, 1.807) is 18.2 Å². The lowest BCUT2D eigenvalue weighted by Crippen LogP contribution is -2.55. The van der Waals surface area contributed by atoms with Crippen LogP contribution in [0.4, 0.5) is 10.5 Å². The number of ether oxygens (including phenoxy) is 3. The normalized spacial score (nSPS) is 22.1. The number of anilines is 1. The van der Waals surface area contributed by atoms with E-state index in [1.807, 2.05) is 45.0 Å². The third kappa shape index (κ3) is 5.53. The van der Waals surface area contributed by atoms with Crippen molar-refractivity contribution in [2.24, 2.45) is 0 Å². The van der Waals surface area contributed by atoms with Crippen LogP contribution in [0.1, 0.15) is 52.0 Å². The van der Waals surface area contributed by atoms with Crippen LogP contribution in [-0.2, 0) is 15.1 Å². The molecule has 176 valence electrons. The third-order valence-corrected chi connectivity index (χ3v) is 6.04.